The van der Waals surface area contributed by atoms with Gasteiger partial charge >= 0.3 is 0 Å². The third-order valence-electron chi connectivity index (χ3n) is 3.09. The van der Waals surface area contributed by atoms with Gasteiger partial charge in [0.2, 0.25) is 0 Å². The van der Waals surface area contributed by atoms with Gasteiger partial charge in [0.05, 0.1) is 0 Å². The highest BCUT2D eigenvalue weighted by atomic mass is 14.9. The zero-order valence-corrected chi connectivity index (χ0v) is 9.63. The Bertz CT molecular complexity index is 320. The normalized spacial score (nSPS) is 16.6. The second-order valence-electron chi connectivity index (χ2n) is 4.42. The van der Waals surface area contributed by atoms with Crippen molar-refractivity contribution in [1.29, 1.82) is 0 Å². The second kappa shape index (κ2) is 5.24. The van der Waals surface area contributed by atoms with Crippen LogP contribution in [0, 0.1) is 0 Å². The molecule has 0 spiro atoms. The van der Waals surface area contributed by atoms with Gasteiger partial charge in [0.25, 0.3) is 0 Å². The molecule has 82 valence electrons. The molecule has 1 aromatic rings. The first kappa shape index (κ1) is 10.6. The average Bonchev–Trinajstić information content (AvgIpc) is 2.20. The second-order valence-corrected chi connectivity index (χ2v) is 4.42. The van der Waals surface area contributed by atoms with Crippen LogP contribution in [0.4, 0.5) is 0 Å². The van der Waals surface area contributed by atoms with Crippen molar-refractivity contribution in [2.24, 2.45) is 0 Å². The smallest absolute Gasteiger partial charge is 0.128 e. The molecule has 2 heteroatoms. The van der Waals surface area contributed by atoms with E-state index < -0.39 is 0 Å². The number of aromatic nitrogens is 2. The van der Waals surface area contributed by atoms with Gasteiger partial charge in [-0.15, -0.1) is 0 Å². The van der Waals surface area contributed by atoms with Crippen molar-refractivity contribution in [3.8, 4) is 0 Å². The molecule has 0 aromatic carbocycles. The van der Waals surface area contributed by atoms with E-state index in [1.54, 1.807) is 0 Å². The van der Waals surface area contributed by atoms with Gasteiger partial charge in [-0.1, -0.05) is 19.8 Å². The van der Waals surface area contributed by atoms with Crippen molar-refractivity contribution in [2.45, 2.75) is 58.3 Å². The Morgan fingerprint density at radius 1 is 1.13 bits per heavy atom. The molecule has 1 heterocycles. The molecule has 15 heavy (non-hydrogen) atoms. The SMILES string of the molecule is CCCc1ncc2c(n1)CCCCCC2. The third-order valence-corrected chi connectivity index (χ3v) is 3.09. The van der Waals surface area contributed by atoms with E-state index in [2.05, 4.69) is 18.1 Å². The summed E-state index contributed by atoms with van der Waals surface area (Å²) in [5, 5.41) is 0. The van der Waals surface area contributed by atoms with E-state index in [4.69, 9.17) is 4.98 Å². The first-order valence-electron chi connectivity index (χ1n) is 6.24. The molecule has 1 aromatic heterocycles. The van der Waals surface area contributed by atoms with Crippen LogP contribution in [0.2, 0.25) is 0 Å². The molecule has 0 aliphatic heterocycles. The summed E-state index contributed by atoms with van der Waals surface area (Å²) in [5.74, 6) is 1.04. The molecule has 2 nitrogen and oxygen atoms in total. The van der Waals surface area contributed by atoms with Gasteiger partial charge in [0.1, 0.15) is 5.82 Å². The lowest BCUT2D eigenvalue weighted by Gasteiger charge is -2.13. The van der Waals surface area contributed by atoms with E-state index in [1.807, 2.05) is 0 Å². The molecule has 0 N–H and O–H groups in total. The highest BCUT2D eigenvalue weighted by molar-refractivity contribution is 5.18. The molecule has 0 unspecified atom stereocenters. The number of hydrogen-bond donors (Lipinski definition) is 0. The van der Waals surface area contributed by atoms with Gasteiger partial charge in [0, 0.05) is 18.3 Å². The minimum absolute atomic E-state index is 1.02. The summed E-state index contributed by atoms with van der Waals surface area (Å²) in [5.41, 5.74) is 2.72. The molecular formula is C13H20N2. The van der Waals surface area contributed by atoms with Crippen molar-refractivity contribution in [3.63, 3.8) is 0 Å². The van der Waals surface area contributed by atoms with Crippen LogP contribution >= 0.6 is 0 Å². The van der Waals surface area contributed by atoms with E-state index in [0.717, 1.165) is 25.1 Å². The van der Waals surface area contributed by atoms with Gasteiger partial charge in [-0.25, -0.2) is 9.97 Å². The maximum absolute atomic E-state index is 4.69. The summed E-state index contributed by atoms with van der Waals surface area (Å²) < 4.78 is 0. The molecule has 0 saturated carbocycles. The van der Waals surface area contributed by atoms with Crippen molar-refractivity contribution in [2.75, 3.05) is 0 Å². The molecule has 0 fully saturated rings. The molecule has 0 radical (unpaired) electrons. The van der Waals surface area contributed by atoms with Crippen LogP contribution in [0.5, 0.6) is 0 Å². The minimum Gasteiger partial charge on any atom is -0.241 e. The number of aryl methyl sites for hydroxylation is 3. The molecule has 0 atom stereocenters. The van der Waals surface area contributed by atoms with Gasteiger partial charge in [-0.05, 0) is 37.7 Å². The largest absolute Gasteiger partial charge is 0.241 e. The summed E-state index contributed by atoms with van der Waals surface area (Å²) in [6.07, 6.45) is 11.9. The highest BCUT2D eigenvalue weighted by Crippen LogP contribution is 2.18. The van der Waals surface area contributed by atoms with Crippen molar-refractivity contribution in [1.82, 2.24) is 9.97 Å². The van der Waals surface area contributed by atoms with Gasteiger partial charge in [-0.2, -0.15) is 0 Å². The molecular weight excluding hydrogens is 184 g/mol. The van der Waals surface area contributed by atoms with E-state index in [0.29, 0.717) is 0 Å². The minimum atomic E-state index is 1.02. The number of fused-ring (bicyclic) bond motifs is 1. The van der Waals surface area contributed by atoms with Crippen LogP contribution in [-0.2, 0) is 19.3 Å². The Kier molecular flexibility index (Phi) is 3.70. The standard InChI is InChI=1S/C13H20N2/c1-2-7-13-14-10-11-8-5-3-4-6-9-12(11)15-13/h10H,2-9H2,1H3. The summed E-state index contributed by atoms with van der Waals surface area (Å²) >= 11 is 0. The first-order chi connectivity index (χ1) is 7.40. The van der Waals surface area contributed by atoms with Crippen LogP contribution in [0.1, 0.15) is 56.1 Å². The van der Waals surface area contributed by atoms with Crippen molar-refractivity contribution in [3.05, 3.63) is 23.3 Å². The first-order valence-corrected chi connectivity index (χ1v) is 6.24. The van der Waals surface area contributed by atoms with Crippen molar-refractivity contribution >= 4 is 0 Å². The lowest BCUT2D eigenvalue weighted by molar-refractivity contribution is 0.602. The Hall–Kier alpha value is -0.920. The maximum Gasteiger partial charge on any atom is 0.128 e. The molecule has 1 aliphatic rings. The predicted molar refractivity (Wildman–Crippen MR) is 61.9 cm³/mol. The lowest BCUT2D eigenvalue weighted by Crippen LogP contribution is -2.06. The zero-order valence-electron chi connectivity index (χ0n) is 9.63. The Morgan fingerprint density at radius 3 is 2.73 bits per heavy atom. The molecule has 0 saturated heterocycles. The number of rotatable bonds is 2. The number of hydrogen-bond acceptors (Lipinski definition) is 2. The maximum atomic E-state index is 4.69. The summed E-state index contributed by atoms with van der Waals surface area (Å²) in [7, 11) is 0. The average molecular weight is 204 g/mol. The van der Waals surface area contributed by atoms with E-state index in [1.165, 1.54) is 43.4 Å². The summed E-state index contributed by atoms with van der Waals surface area (Å²) in [6, 6.07) is 0. The molecule has 0 amide bonds. The van der Waals surface area contributed by atoms with E-state index in [9.17, 15) is 0 Å². The van der Waals surface area contributed by atoms with Crippen LogP contribution in [0.25, 0.3) is 0 Å². The predicted octanol–water partition coefficient (Wildman–Crippen LogP) is 3.09. The van der Waals surface area contributed by atoms with E-state index >= 15 is 0 Å². The molecule has 2 rings (SSSR count). The Balaban J connectivity index is 2.19. The summed E-state index contributed by atoms with van der Waals surface area (Å²) in [6.45, 7) is 2.18. The van der Waals surface area contributed by atoms with Crippen molar-refractivity contribution < 1.29 is 0 Å². The van der Waals surface area contributed by atoms with Gasteiger partial charge < -0.3 is 0 Å². The van der Waals surface area contributed by atoms with Gasteiger partial charge in [-0.3, -0.25) is 0 Å². The zero-order chi connectivity index (χ0) is 10.5. The highest BCUT2D eigenvalue weighted by Gasteiger charge is 2.09. The van der Waals surface area contributed by atoms with Crippen LogP contribution in [0.15, 0.2) is 6.20 Å². The van der Waals surface area contributed by atoms with Gasteiger partial charge in [0.15, 0.2) is 0 Å². The van der Waals surface area contributed by atoms with Crippen LogP contribution in [0.3, 0.4) is 0 Å². The van der Waals surface area contributed by atoms with E-state index in [-0.39, 0.29) is 0 Å². The molecule has 1 aliphatic carbocycles. The molecule has 0 bridgehead atoms. The Labute approximate surface area is 92.1 Å². The fraction of sp³-hybridized carbons (Fsp3) is 0.692. The quantitative estimate of drug-likeness (QED) is 0.739. The number of nitrogens with zero attached hydrogens (tertiary/aromatic N) is 2. The van der Waals surface area contributed by atoms with Crippen LogP contribution in [-0.4, -0.2) is 9.97 Å². The summed E-state index contributed by atoms with van der Waals surface area (Å²) in [4.78, 5) is 9.14. The fourth-order valence-electron chi connectivity index (χ4n) is 2.21. The monoisotopic (exact) mass is 204 g/mol. The lowest BCUT2D eigenvalue weighted by atomic mass is 9.98. The third kappa shape index (κ3) is 2.77. The topological polar surface area (TPSA) is 25.8 Å². The Morgan fingerprint density at radius 2 is 1.93 bits per heavy atom. The fourth-order valence-corrected chi connectivity index (χ4v) is 2.21. The van der Waals surface area contributed by atoms with Crippen LogP contribution < -0.4 is 0 Å².